The van der Waals surface area contributed by atoms with E-state index in [-0.39, 0.29) is 0 Å². The molecular formula is C9H14N2S. The van der Waals surface area contributed by atoms with Crippen molar-refractivity contribution in [3.8, 4) is 0 Å². The number of rotatable bonds is 3. The van der Waals surface area contributed by atoms with E-state index in [1.165, 1.54) is 11.3 Å². The van der Waals surface area contributed by atoms with Gasteiger partial charge in [0.25, 0.3) is 0 Å². The topological polar surface area (TPSA) is 25.8 Å². The highest BCUT2D eigenvalue weighted by Crippen LogP contribution is 2.12. The molecule has 0 aliphatic heterocycles. The number of aryl methyl sites for hydroxylation is 2. The molecule has 0 radical (unpaired) electrons. The summed E-state index contributed by atoms with van der Waals surface area (Å²) in [6, 6.07) is 0. The SMILES string of the molecule is CCc1cnc(SC)nc1CC. The lowest BCUT2D eigenvalue weighted by Gasteiger charge is -2.04. The summed E-state index contributed by atoms with van der Waals surface area (Å²) in [6.07, 6.45) is 5.97. The number of thioether (sulfide) groups is 1. The van der Waals surface area contributed by atoms with E-state index < -0.39 is 0 Å². The van der Waals surface area contributed by atoms with Crippen molar-refractivity contribution in [2.75, 3.05) is 6.26 Å². The monoisotopic (exact) mass is 182 g/mol. The van der Waals surface area contributed by atoms with Crippen LogP contribution in [0.1, 0.15) is 25.1 Å². The molecule has 0 aromatic carbocycles. The van der Waals surface area contributed by atoms with Gasteiger partial charge in [-0.2, -0.15) is 0 Å². The van der Waals surface area contributed by atoms with Gasteiger partial charge in [-0.1, -0.05) is 25.6 Å². The molecule has 0 aliphatic carbocycles. The molecule has 3 heteroatoms. The molecule has 2 nitrogen and oxygen atoms in total. The Hall–Kier alpha value is -0.570. The van der Waals surface area contributed by atoms with Crippen molar-refractivity contribution < 1.29 is 0 Å². The first-order valence-electron chi connectivity index (χ1n) is 4.20. The Kier molecular flexibility index (Phi) is 3.53. The van der Waals surface area contributed by atoms with Gasteiger partial charge in [0, 0.05) is 11.9 Å². The van der Waals surface area contributed by atoms with E-state index in [1.807, 2.05) is 12.5 Å². The van der Waals surface area contributed by atoms with Gasteiger partial charge in [-0.15, -0.1) is 0 Å². The molecule has 1 rings (SSSR count). The summed E-state index contributed by atoms with van der Waals surface area (Å²) < 4.78 is 0. The van der Waals surface area contributed by atoms with Gasteiger partial charge in [0.15, 0.2) is 5.16 Å². The van der Waals surface area contributed by atoms with Crippen molar-refractivity contribution in [3.05, 3.63) is 17.5 Å². The van der Waals surface area contributed by atoms with Crippen LogP contribution < -0.4 is 0 Å². The summed E-state index contributed by atoms with van der Waals surface area (Å²) in [5.74, 6) is 0. The molecule has 0 bridgehead atoms. The summed E-state index contributed by atoms with van der Waals surface area (Å²) in [5, 5.41) is 0.879. The highest BCUT2D eigenvalue weighted by molar-refractivity contribution is 7.98. The fourth-order valence-electron chi connectivity index (χ4n) is 1.12. The maximum atomic E-state index is 4.43. The predicted molar refractivity (Wildman–Crippen MR) is 52.6 cm³/mol. The molecule has 12 heavy (non-hydrogen) atoms. The molecule has 66 valence electrons. The Morgan fingerprint density at radius 3 is 2.58 bits per heavy atom. The Bertz CT molecular complexity index is 261. The van der Waals surface area contributed by atoms with Crippen LogP contribution in [0.15, 0.2) is 11.4 Å². The van der Waals surface area contributed by atoms with Gasteiger partial charge in [-0.3, -0.25) is 0 Å². The van der Waals surface area contributed by atoms with E-state index in [4.69, 9.17) is 0 Å². The molecule has 0 fully saturated rings. The van der Waals surface area contributed by atoms with E-state index in [0.29, 0.717) is 0 Å². The van der Waals surface area contributed by atoms with Crippen LogP contribution in [0.2, 0.25) is 0 Å². The van der Waals surface area contributed by atoms with Crippen LogP contribution in [-0.4, -0.2) is 16.2 Å². The van der Waals surface area contributed by atoms with Crippen molar-refractivity contribution in [1.29, 1.82) is 0 Å². The Labute approximate surface area is 77.8 Å². The molecule has 1 aromatic heterocycles. The number of hydrogen-bond acceptors (Lipinski definition) is 3. The summed E-state index contributed by atoms with van der Waals surface area (Å²) >= 11 is 1.60. The number of nitrogens with zero attached hydrogens (tertiary/aromatic N) is 2. The zero-order chi connectivity index (χ0) is 8.97. The van der Waals surface area contributed by atoms with Crippen molar-refractivity contribution in [2.24, 2.45) is 0 Å². The zero-order valence-corrected chi connectivity index (χ0v) is 8.61. The summed E-state index contributed by atoms with van der Waals surface area (Å²) in [6.45, 7) is 4.27. The van der Waals surface area contributed by atoms with Crippen LogP contribution in [0.3, 0.4) is 0 Å². The van der Waals surface area contributed by atoms with Crippen molar-refractivity contribution in [1.82, 2.24) is 9.97 Å². The molecule has 0 N–H and O–H groups in total. The first kappa shape index (κ1) is 9.52. The molecule has 0 saturated carbocycles. The van der Waals surface area contributed by atoms with E-state index >= 15 is 0 Å². The highest BCUT2D eigenvalue weighted by atomic mass is 32.2. The van der Waals surface area contributed by atoms with Crippen LogP contribution in [0.4, 0.5) is 0 Å². The molecule has 1 heterocycles. The lowest BCUT2D eigenvalue weighted by atomic mass is 10.1. The molecule has 0 aliphatic rings. The van der Waals surface area contributed by atoms with Gasteiger partial charge in [0.1, 0.15) is 0 Å². The highest BCUT2D eigenvalue weighted by Gasteiger charge is 2.02. The Morgan fingerprint density at radius 1 is 1.33 bits per heavy atom. The first-order valence-corrected chi connectivity index (χ1v) is 5.43. The number of hydrogen-bond donors (Lipinski definition) is 0. The average Bonchev–Trinajstić information content (AvgIpc) is 2.16. The van der Waals surface area contributed by atoms with Crippen LogP contribution >= 0.6 is 11.8 Å². The van der Waals surface area contributed by atoms with Crippen molar-refractivity contribution >= 4 is 11.8 Å². The second-order valence-corrected chi connectivity index (χ2v) is 3.31. The molecular weight excluding hydrogens is 168 g/mol. The van der Waals surface area contributed by atoms with Crippen molar-refractivity contribution in [3.63, 3.8) is 0 Å². The van der Waals surface area contributed by atoms with Crippen LogP contribution in [0, 0.1) is 0 Å². The van der Waals surface area contributed by atoms with Gasteiger partial charge >= 0.3 is 0 Å². The maximum Gasteiger partial charge on any atom is 0.187 e. The Morgan fingerprint density at radius 2 is 2.08 bits per heavy atom. The van der Waals surface area contributed by atoms with Crippen LogP contribution in [0.5, 0.6) is 0 Å². The van der Waals surface area contributed by atoms with Crippen molar-refractivity contribution in [2.45, 2.75) is 31.8 Å². The third kappa shape index (κ3) is 1.97. The standard InChI is InChI=1S/C9H14N2S/c1-4-7-6-10-9(12-3)11-8(7)5-2/h6H,4-5H2,1-3H3. The number of aromatic nitrogens is 2. The zero-order valence-electron chi connectivity index (χ0n) is 7.79. The van der Waals surface area contributed by atoms with E-state index in [1.54, 1.807) is 11.8 Å². The third-order valence-electron chi connectivity index (χ3n) is 1.83. The third-order valence-corrected chi connectivity index (χ3v) is 2.39. The van der Waals surface area contributed by atoms with Crippen LogP contribution in [-0.2, 0) is 12.8 Å². The minimum Gasteiger partial charge on any atom is -0.231 e. The largest absolute Gasteiger partial charge is 0.231 e. The lowest BCUT2D eigenvalue weighted by Crippen LogP contribution is -1.98. The maximum absolute atomic E-state index is 4.43. The fraction of sp³-hybridized carbons (Fsp3) is 0.556. The molecule has 0 amide bonds. The van der Waals surface area contributed by atoms with E-state index in [0.717, 1.165) is 18.0 Å². The van der Waals surface area contributed by atoms with Gasteiger partial charge in [-0.05, 0) is 24.7 Å². The molecule has 1 aromatic rings. The lowest BCUT2D eigenvalue weighted by molar-refractivity contribution is 0.850. The van der Waals surface area contributed by atoms with E-state index in [2.05, 4.69) is 23.8 Å². The fourth-order valence-corrected chi connectivity index (χ4v) is 1.48. The average molecular weight is 182 g/mol. The second-order valence-electron chi connectivity index (χ2n) is 2.54. The molecule has 0 saturated heterocycles. The van der Waals surface area contributed by atoms with Gasteiger partial charge in [-0.25, -0.2) is 9.97 Å². The minimum atomic E-state index is 0.879. The normalized spacial score (nSPS) is 10.2. The Balaban J connectivity index is 3.02. The van der Waals surface area contributed by atoms with Gasteiger partial charge in [0.05, 0.1) is 0 Å². The molecule has 0 spiro atoms. The minimum absolute atomic E-state index is 0.879. The van der Waals surface area contributed by atoms with E-state index in [9.17, 15) is 0 Å². The predicted octanol–water partition coefficient (Wildman–Crippen LogP) is 2.32. The summed E-state index contributed by atoms with van der Waals surface area (Å²) in [4.78, 5) is 8.66. The molecule has 0 atom stereocenters. The molecule has 0 unspecified atom stereocenters. The van der Waals surface area contributed by atoms with Gasteiger partial charge < -0.3 is 0 Å². The van der Waals surface area contributed by atoms with Crippen LogP contribution in [0.25, 0.3) is 0 Å². The first-order chi connectivity index (χ1) is 5.81. The van der Waals surface area contributed by atoms with Gasteiger partial charge in [0.2, 0.25) is 0 Å². The smallest absolute Gasteiger partial charge is 0.187 e. The summed E-state index contributed by atoms with van der Waals surface area (Å²) in [7, 11) is 0. The summed E-state index contributed by atoms with van der Waals surface area (Å²) in [5.41, 5.74) is 2.46. The second kappa shape index (κ2) is 4.45. The quantitative estimate of drug-likeness (QED) is 0.530.